The number of hydrogen-bond acceptors (Lipinski definition) is 5. The largest absolute Gasteiger partial charge is 0.493 e. The molecule has 1 amide bonds. The SMILES string of the molecule is COc1ccc(CC(=O)N2CCN(S(=O)(=O)c3ccc(C)cc3)CC2)cc1OC. The lowest BCUT2D eigenvalue weighted by Crippen LogP contribution is -2.50. The van der Waals surface area contributed by atoms with Crippen LogP contribution in [-0.2, 0) is 21.2 Å². The van der Waals surface area contributed by atoms with E-state index < -0.39 is 10.0 Å². The van der Waals surface area contributed by atoms with Gasteiger partial charge in [0.2, 0.25) is 15.9 Å². The number of carbonyl (C=O) groups is 1. The number of carbonyl (C=O) groups excluding carboxylic acids is 1. The van der Waals surface area contributed by atoms with Crippen LogP contribution in [0.2, 0.25) is 0 Å². The summed E-state index contributed by atoms with van der Waals surface area (Å²) in [5.41, 5.74) is 1.83. The molecule has 156 valence electrons. The number of hydrogen-bond donors (Lipinski definition) is 0. The van der Waals surface area contributed by atoms with Gasteiger partial charge in [0.1, 0.15) is 0 Å². The average molecular weight is 419 g/mol. The van der Waals surface area contributed by atoms with E-state index >= 15 is 0 Å². The summed E-state index contributed by atoms with van der Waals surface area (Å²) >= 11 is 0. The first-order valence-corrected chi connectivity index (χ1v) is 10.8. The van der Waals surface area contributed by atoms with Gasteiger partial charge in [0, 0.05) is 26.2 Å². The molecule has 3 rings (SSSR count). The summed E-state index contributed by atoms with van der Waals surface area (Å²) in [4.78, 5) is 14.7. The van der Waals surface area contributed by atoms with Crippen molar-refractivity contribution in [3.8, 4) is 11.5 Å². The van der Waals surface area contributed by atoms with Gasteiger partial charge in [-0.2, -0.15) is 4.31 Å². The summed E-state index contributed by atoms with van der Waals surface area (Å²) in [5.74, 6) is 1.15. The van der Waals surface area contributed by atoms with Crippen LogP contribution in [0.3, 0.4) is 0 Å². The monoisotopic (exact) mass is 418 g/mol. The molecule has 0 unspecified atom stereocenters. The molecule has 2 aromatic rings. The number of sulfonamides is 1. The molecule has 1 heterocycles. The minimum absolute atomic E-state index is 0.0374. The van der Waals surface area contributed by atoms with E-state index in [9.17, 15) is 13.2 Å². The van der Waals surface area contributed by atoms with Crippen LogP contribution < -0.4 is 9.47 Å². The molecule has 0 atom stereocenters. The Labute approximate surface area is 171 Å². The van der Waals surface area contributed by atoms with Crippen molar-refractivity contribution in [3.05, 3.63) is 53.6 Å². The molecule has 8 heteroatoms. The van der Waals surface area contributed by atoms with Crippen LogP contribution in [-0.4, -0.2) is 63.9 Å². The lowest BCUT2D eigenvalue weighted by atomic mass is 10.1. The van der Waals surface area contributed by atoms with Crippen molar-refractivity contribution in [2.75, 3.05) is 40.4 Å². The second-order valence-corrected chi connectivity index (χ2v) is 8.90. The van der Waals surface area contributed by atoms with Crippen LogP contribution in [0.4, 0.5) is 0 Å². The average Bonchev–Trinajstić information content (AvgIpc) is 2.74. The van der Waals surface area contributed by atoms with Crippen LogP contribution in [0.1, 0.15) is 11.1 Å². The van der Waals surface area contributed by atoms with Gasteiger partial charge in [-0.3, -0.25) is 4.79 Å². The van der Waals surface area contributed by atoms with E-state index in [1.54, 1.807) is 55.5 Å². The number of ether oxygens (including phenoxy) is 2. The van der Waals surface area contributed by atoms with Gasteiger partial charge in [-0.1, -0.05) is 23.8 Å². The van der Waals surface area contributed by atoms with Crippen LogP contribution >= 0.6 is 0 Å². The first kappa shape index (κ1) is 21.1. The van der Waals surface area contributed by atoms with E-state index in [0.29, 0.717) is 24.6 Å². The Kier molecular flexibility index (Phi) is 6.44. The van der Waals surface area contributed by atoms with E-state index in [1.807, 2.05) is 13.0 Å². The van der Waals surface area contributed by atoms with Crippen molar-refractivity contribution in [1.29, 1.82) is 0 Å². The molecule has 0 N–H and O–H groups in total. The molecule has 2 aromatic carbocycles. The van der Waals surface area contributed by atoms with E-state index in [0.717, 1.165) is 11.1 Å². The highest BCUT2D eigenvalue weighted by Crippen LogP contribution is 2.28. The van der Waals surface area contributed by atoms with Crippen molar-refractivity contribution < 1.29 is 22.7 Å². The molecule has 1 aliphatic rings. The van der Waals surface area contributed by atoms with Crippen LogP contribution in [0.25, 0.3) is 0 Å². The summed E-state index contributed by atoms with van der Waals surface area (Å²) in [6.07, 6.45) is 0.227. The maximum atomic E-state index is 12.8. The van der Waals surface area contributed by atoms with Gasteiger partial charge in [-0.15, -0.1) is 0 Å². The zero-order valence-corrected chi connectivity index (χ0v) is 17.7. The lowest BCUT2D eigenvalue weighted by Gasteiger charge is -2.34. The molecule has 0 bridgehead atoms. The first-order valence-electron chi connectivity index (χ1n) is 9.40. The molecular weight excluding hydrogens is 392 g/mol. The zero-order valence-electron chi connectivity index (χ0n) is 16.9. The number of benzene rings is 2. The fraction of sp³-hybridized carbons (Fsp3) is 0.381. The number of nitrogens with zero attached hydrogens (tertiary/aromatic N) is 2. The van der Waals surface area contributed by atoms with Crippen molar-refractivity contribution in [2.24, 2.45) is 0 Å². The summed E-state index contributed by atoms with van der Waals surface area (Å²) in [5, 5.41) is 0. The molecule has 1 saturated heterocycles. The highest BCUT2D eigenvalue weighted by molar-refractivity contribution is 7.89. The van der Waals surface area contributed by atoms with Crippen molar-refractivity contribution in [1.82, 2.24) is 9.21 Å². The topological polar surface area (TPSA) is 76.2 Å². The van der Waals surface area contributed by atoms with Gasteiger partial charge < -0.3 is 14.4 Å². The Morgan fingerprint density at radius 2 is 1.55 bits per heavy atom. The number of rotatable bonds is 6. The quantitative estimate of drug-likeness (QED) is 0.718. The molecule has 1 aliphatic heterocycles. The van der Waals surface area contributed by atoms with Gasteiger partial charge in [0.05, 0.1) is 25.5 Å². The number of aryl methyl sites for hydroxylation is 1. The maximum absolute atomic E-state index is 12.8. The molecule has 0 spiro atoms. The summed E-state index contributed by atoms with van der Waals surface area (Å²) in [7, 11) is -0.424. The predicted octanol–water partition coefficient (Wildman–Crippen LogP) is 2.09. The predicted molar refractivity (Wildman–Crippen MR) is 110 cm³/mol. The first-order chi connectivity index (χ1) is 13.8. The Hall–Kier alpha value is -2.58. The smallest absolute Gasteiger partial charge is 0.243 e. The molecule has 29 heavy (non-hydrogen) atoms. The Bertz CT molecular complexity index is 965. The fourth-order valence-corrected chi connectivity index (χ4v) is 4.74. The Morgan fingerprint density at radius 3 is 2.14 bits per heavy atom. The number of methoxy groups -OCH3 is 2. The number of amides is 1. The molecule has 0 radical (unpaired) electrons. The minimum Gasteiger partial charge on any atom is -0.493 e. The Balaban J connectivity index is 1.61. The van der Waals surface area contributed by atoms with E-state index in [1.165, 1.54) is 4.31 Å². The van der Waals surface area contributed by atoms with Gasteiger partial charge in [0.25, 0.3) is 0 Å². The van der Waals surface area contributed by atoms with E-state index in [2.05, 4.69) is 0 Å². The molecule has 0 saturated carbocycles. The van der Waals surface area contributed by atoms with Crippen LogP contribution in [0.15, 0.2) is 47.4 Å². The van der Waals surface area contributed by atoms with Crippen LogP contribution in [0.5, 0.6) is 11.5 Å². The molecule has 1 fully saturated rings. The van der Waals surface area contributed by atoms with Gasteiger partial charge in [-0.25, -0.2) is 8.42 Å². The molecule has 0 aliphatic carbocycles. The fourth-order valence-electron chi connectivity index (χ4n) is 3.31. The van der Waals surface area contributed by atoms with Gasteiger partial charge >= 0.3 is 0 Å². The van der Waals surface area contributed by atoms with Crippen LogP contribution in [0, 0.1) is 6.92 Å². The summed E-state index contributed by atoms with van der Waals surface area (Å²) < 4.78 is 37.5. The summed E-state index contributed by atoms with van der Waals surface area (Å²) in [6, 6.07) is 12.2. The molecule has 7 nitrogen and oxygen atoms in total. The zero-order chi connectivity index (χ0) is 21.0. The second kappa shape index (κ2) is 8.84. The number of piperazine rings is 1. The normalized spacial score (nSPS) is 15.2. The van der Waals surface area contributed by atoms with Crippen molar-refractivity contribution in [3.63, 3.8) is 0 Å². The van der Waals surface area contributed by atoms with Crippen molar-refractivity contribution >= 4 is 15.9 Å². The molecular formula is C21H26N2O5S. The third kappa shape index (κ3) is 4.71. The van der Waals surface area contributed by atoms with Crippen molar-refractivity contribution in [2.45, 2.75) is 18.2 Å². The highest BCUT2D eigenvalue weighted by atomic mass is 32.2. The highest BCUT2D eigenvalue weighted by Gasteiger charge is 2.30. The van der Waals surface area contributed by atoms with Gasteiger partial charge in [0.15, 0.2) is 11.5 Å². The minimum atomic E-state index is -3.54. The Morgan fingerprint density at radius 1 is 0.931 bits per heavy atom. The van der Waals surface area contributed by atoms with Gasteiger partial charge in [-0.05, 0) is 36.8 Å². The maximum Gasteiger partial charge on any atom is 0.243 e. The second-order valence-electron chi connectivity index (χ2n) is 6.96. The third-order valence-electron chi connectivity index (χ3n) is 5.05. The van der Waals surface area contributed by atoms with E-state index in [4.69, 9.17) is 9.47 Å². The summed E-state index contributed by atoms with van der Waals surface area (Å²) in [6.45, 7) is 3.23. The standard InChI is InChI=1S/C21H26N2O5S/c1-16-4-7-18(8-5-16)29(25,26)23-12-10-22(11-13-23)21(24)15-17-6-9-19(27-2)20(14-17)28-3/h4-9,14H,10-13,15H2,1-3H3. The third-order valence-corrected chi connectivity index (χ3v) is 6.97. The lowest BCUT2D eigenvalue weighted by molar-refractivity contribution is -0.131. The molecule has 0 aromatic heterocycles. The van der Waals surface area contributed by atoms with E-state index in [-0.39, 0.29) is 30.3 Å².